The first-order chi connectivity index (χ1) is 25.3. The van der Waals surface area contributed by atoms with Crippen LogP contribution < -0.4 is 0 Å². The molecule has 0 aromatic carbocycles. The minimum absolute atomic E-state index is 0.0658. The lowest BCUT2D eigenvalue weighted by Gasteiger charge is -2.46. The zero-order chi connectivity index (χ0) is 39.5. The summed E-state index contributed by atoms with van der Waals surface area (Å²) in [7, 11) is 0. The molecule has 0 saturated carbocycles. The number of carbonyl (C=O) groups excluding carboxylic acids is 2. The maximum Gasteiger partial charge on any atom is 0.222 e. The van der Waals surface area contributed by atoms with E-state index in [4.69, 9.17) is 14.2 Å². The second kappa shape index (κ2) is 25.7. The Balaban J connectivity index is 2.18. The van der Waals surface area contributed by atoms with Gasteiger partial charge in [0, 0.05) is 38.0 Å². The Morgan fingerprint density at radius 1 is 0.509 bits per heavy atom. The number of unbranched alkanes of at least 4 members (excludes halogenated alkanes) is 10. The Bertz CT molecular complexity index is 932. The van der Waals surface area contributed by atoms with Gasteiger partial charge in [-0.15, -0.1) is 0 Å². The third-order valence-electron chi connectivity index (χ3n) is 11.0. The first-order valence-corrected chi connectivity index (χ1v) is 21.0. The Morgan fingerprint density at radius 2 is 0.849 bits per heavy atom. The monoisotopic (exact) mass is 761 g/mol. The molecule has 2 aliphatic heterocycles. The molecule has 0 aromatic heterocycles. The van der Waals surface area contributed by atoms with Gasteiger partial charge in [-0.05, 0) is 39.5 Å². The summed E-state index contributed by atoms with van der Waals surface area (Å²) in [6, 6.07) is -0.344. The van der Waals surface area contributed by atoms with Crippen molar-refractivity contribution in [2.45, 2.75) is 231 Å². The minimum Gasteiger partial charge on any atom is -0.388 e. The Labute approximate surface area is 319 Å². The van der Waals surface area contributed by atoms with Gasteiger partial charge < -0.3 is 54.6 Å². The lowest BCUT2D eigenvalue weighted by atomic mass is 9.96. The predicted molar refractivity (Wildman–Crippen MR) is 203 cm³/mol. The van der Waals surface area contributed by atoms with Gasteiger partial charge in [-0.1, -0.05) is 105 Å². The van der Waals surface area contributed by atoms with E-state index in [1.54, 1.807) is 9.80 Å². The molecular formula is C40H76N2O11. The zero-order valence-corrected chi connectivity index (χ0v) is 33.7. The zero-order valence-electron chi connectivity index (χ0n) is 33.7. The van der Waals surface area contributed by atoms with E-state index in [1.807, 2.05) is 27.7 Å². The van der Waals surface area contributed by atoms with E-state index < -0.39 is 61.4 Å². The second-order valence-corrected chi connectivity index (χ2v) is 15.6. The molecule has 3 unspecified atom stereocenters. The van der Waals surface area contributed by atoms with Crippen LogP contribution in [0.3, 0.4) is 0 Å². The van der Waals surface area contributed by atoms with Crippen molar-refractivity contribution in [1.29, 1.82) is 0 Å². The van der Waals surface area contributed by atoms with Crippen molar-refractivity contribution in [3.8, 4) is 0 Å². The Morgan fingerprint density at radius 3 is 1.19 bits per heavy atom. The minimum atomic E-state index is -1.76. The largest absolute Gasteiger partial charge is 0.388 e. The highest BCUT2D eigenvalue weighted by atomic mass is 16.8. The molecule has 0 aromatic rings. The quantitative estimate of drug-likeness (QED) is 0.0695. The van der Waals surface area contributed by atoms with Crippen LogP contribution >= 0.6 is 0 Å². The van der Waals surface area contributed by atoms with Crippen LogP contribution in [-0.2, 0) is 23.8 Å². The van der Waals surface area contributed by atoms with Crippen LogP contribution in [0.2, 0.25) is 0 Å². The fraction of sp³-hybridized carbons (Fsp3) is 0.950. The van der Waals surface area contributed by atoms with E-state index in [0.717, 1.165) is 89.9 Å². The summed E-state index contributed by atoms with van der Waals surface area (Å²) in [6.45, 7) is 12.1. The van der Waals surface area contributed by atoms with Crippen LogP contribution in [0.15, 0.2) is 0 Å². The van der Waals surface area contributed by atoms with Gasteiger partial charge in [0.15, 0.2) is 12.6 Å². The number of carbonyl (C=O) groups is 2. The molecule has 13 heteroatoms. The molecule has 0 radical (unpaired) electrons. The van der Waals surface area contributed by atoms with Crippen LogP contribution in [-0.4, -0.2) is 139 Å². The number of ether oxygens (including phenoxy) is 3. The van der Waals surface area contributed by atoms with E-state index >= 15 is 0 Å². The molecule has 2 fully saturated rings. The standard InChI is InChI=1S/C40H76N2O11/c1-7-11-13-15-17-19-23-31(43)41(27(5)21-9-3)25-29-33(45)35(47)37(49)39(51-29)53-40-38(50)36(48)34(46)30(52-40)26-42(28(6)22-10-4)32(44)24-20-18-16-14-12-8-2/h27-30,33-40,45-50H,7-26H2,1-6H3/t27?,28?,29-,30+,33-,34+,35+,36-,37-,38+,39-,40?/m0/s1. The second-order valence-electron chi connectivity index (χ2n) is 15.6. The number of nitrogens with zero attached hydrogens (tertiary/aromatic N) is 2. The summed E-state index contributed by atoms with van der Waals surface area (Å²) in [6.07, 6.45) is 0.545. The van der Waals surface area contributed by atoms with Crippen molar-refractivity contribution < 1.29 is 54.4 Å². The van der Waals surface area contributed by atoms with Crippen LogP contribution in [0.5, 0.6) is 0 Å². The molecule has 2 heterocycles. The van der Waals surface area contributed by atoms with Gasteiger partial charge in [-0.2, -0.15) is 0 Å². The molecule has 2 rings (SSSR count). The van der Waals surface area contributed by atoms with Crippen molar-refractivity contribution >= 4 is 11.8 Å². The van der Waals surface area contributed by atoms with E-state index in [2.05, 4.69) is 13.8 Å². The van der Waals surface area contributed by atoms with E-state index in [-0.39, 0.29) is 37.0 Å². The molecular weight excluding hydrogens is 684 g/mol. The number of aliphatic hydroxyl groups excluding tert-OH is 6. The van der Waals surface area contributed by atoms with Crippen LogP contribution in [0, 0.1) is 0 Å². The highest BCUT2D eigenvalue weighted by molar-refractivity contribution is 5.77. The molecule has 6 N–H and O–H groups in total. The van der Waals surface area contributed by atoms with Gasteiger partial charge in [0.25, 0.3) is 0 Å². The first-order valence-electron chi connectivity index (χ1n) is 21.0. The van der Waals surface area contributed by atoms with Crippen molar-refractivity contribution in [3.05, 3.63) is 0 Å². The van der Waals surface area contributed by atoms with Gasteiger partial charge in [0.05, 0.1) is 0 Å². The number of hydrogen-bond donors (Lipinski definition) is 6. The lowest BCUT2D eigenvalue weighted by molar-refractivity contribution is -0.374. The first kappa shape index (κ1) is 47.7. The SMILES string of the molecule is CCCCCCCCC(=O)N(C[C@@H]1O[C@@H](OC2O[C@H](CN(C(=O)CCCCCCCC)C(C)CCC)[C@@H](O)[C@H](O)[C@H]2O)[C@@H](O)[C@H](O)[C@H]1O)C(C)CCC. The summed E-state index contributed by atoms with van der Waals surface area (Å²) in [5, 5.41) is 65.6. The Kier molecular flexibility index (Phi) is 23.1. The van der Waals surface area contributed by atoms with Gasteiger partial charge >= 0.3 is 0 Å². The Hall–Kier alpha value is -1.42. The average Bonchev–Trinajstić information content (AvgIpc) is 3.13. The van der Waals surface area contributed by atoms with Crippen molar-refractivity contribution in [1.82, 2.24) is 9.80 Å². The van der Waals surface area contributed by atoms with Crippen molar-refractivity contribution in [2.24, 2.45) is 0 Å². The molecule has 0 bridgehead atoms. The van der Waals surface area contributed by atoms with Crippen LogP contribution in [0.1, 0.15) is 157 Å². The average molecular weight is 761 g/mol. The summed E-state index contributed by atoms with van der Waals surface area (Å²) in [5.74, 6) is -0.177. The summed E-state index contributed by atoms with van der Waals surface area (Å²) >= 11 is 0. The van der Waals surface area contributed by atoms with Crippen LogP contribution in [0.25, 0.3) is 0 Å². The summed E-state index contributed by atoms with van der Waals surface area (Å²) < 4.78 is 17.9. The lowest BCUT2D eigenvalue weighted by Crippen LogP contribution is -2.65. The van der Waals surface area contributed by atoms with Gasteiger partial charge in [0.2, 0.25) is 11.8 Å². The molecule has 2 amide bonds. The fourth-order valence-corrected chi connectivity index (χ4v) is 7.48. The molecule has 13 nitrogen and oxygen atoms in total. The molecule has 0 aliphatic carbocycles. The van der Waals surface area contributed by atoms with Gasteiger partial charge in [-0.3, -0.25) is 9.59 Å². The highest BCUT2D eigenvalue weighted by Crippen LogP contribution is 2.30. The van der Waals surface area contributed by atoms with E-state index in [9.17, 15) is 40.2 Å². The highest BCUT2D eigenvalue weighted by Gasteiger charge is 2.50. The third kappa shape index (κ3) is 15.2. The summed E-state index contributed by atoms with van der Waals surface area (Å²) in [5.41, 5.74) is 0. The van der Waals surface area contributed by atoms with Crippen molar-refractivity contribution in [2.75, 3.05) is 13.1 Å². The number of rotatable bonds is 26. The number of amides is 2. The molecule has 12 atom stereocenters. The summed E-state index contributed by atoms with van der Waals surface area (Å²) in [4.78, 5) is 30.2. The molecule has 53 heavy (non-hydrogen) atoms. The number of hydrogen-bond acceptors (Lipinski definition) is 11. The molecule has 2 saturated heterocycles. The van der Waals surface area contributed by atoms with E-state index in [1.165, 1.54) is 12.8 Å². The fourth-order valence-electron chi connectivity index (χ4n) is 7.48. The third-order valence-corrected chi connectivity index (χ3v) is 11.0. The van der Waals surface area contributed by atoms with Crippen molar-refractivity contribution in [3.63, 3.8) is 0 Å². The topological polar surface area (TPSA) is 190 Å². The maximum atomic E-state index is 13.5. The maximum absolute atomic E-state index is 13.5. The molecule has 2 aliphatic rings. The van der Waals surface area contributed by atoms with Gasteiger partial charge in [0.1, 0.15) is 48.8 Å². The normalized spacial score (nSPS) is 30.2. The smallest absolute Gasteiger partial charge is 0.222 e. The van der Waals surface area contributed by atoms with Gasteiger partial charge in [-0.25, -0.2) is 0 Å². The van der Waals surface area contributed by atoms with Crippen LogP contribution in [0.4, 0.5) is 0 Å². The molecule has 312 valence electrons. The van der Waals surface area contributed by atoms with E-state index in [0.29, 0.717) is 12.8 Å². The molecule has 0 spiro atoms. The predicted octanol–water partition coefficient (Wildman–Crippen LogP) is 4.15. The number of aliphatic hydroxyl groups is 6.